The topological polar surface area (TPSA) is 86.6 Å². The minimum atomic E-state index is -3.62. The van der Waals surface area contributed by atoms with Gasteiger partial charge in [0.05, 0.1) is 24.9 Å². The number of aromatic nitrogens is 1. The molecule has 0 aliphatic rings. The van der Waals surface area contributed by atoms with Gasteiger partial charge < -0.3 is 19.4 Å². The molecule has 0 aliphatic carbocycles. The summed E-state index contributed by atoms with van der Waals surface area (Å²) in [5, 5.41) is 3.54. The predicted octanol–water partition coefficient (Wildman–Crippen LogP) is 4.30. The van der Waals surface area contributed by atoms with E-state index in [9.17, 15) is 13.2 Å². The van der Waals surface area contributed by atoms with Gasteiger partial charge in [-0.1, -0.05) is 48.5 Å². The van der Waals surface area contributed by atoms with Crippen LogP contribution < -0.4 is 14.8 Å². The Morgan fingerprint density at radius 3 is 2.42 bits per heavy atom. The molecular formula is C28H30N2O5S. The predicted molar refractivity (Wildman–Crippen MR) is 140 cm³/mol. The van der Waals surface area contributed by atoms with Crippen molar-refractivity contribution >= 4 is 26.6 Å². The summed E-state index contributed by atoms with van der Waals surface area (Å²) in [4.78, 5) is 13.0. The Kier molecular flexibility index (Phi) is 7.64. The Morgan fingerprint density at radius 2 is 1.67 bits per heavy atom. The van der Waals surface area contributed by atoms with Crippen LogP contribution in [0.3, 0.4) is 0 Å². The number of fused-ring (bicyclic) bond motifs is 1. The van der Waals surface area contributed by atoms with Crippen molar-refractivity contribution in [2.45, 2.75) is 30.5 Å². The van der Waals surface area contributed by atoms with Gasteiger partial charge in [0.2, 0.25) is 5.91 Å². The molecule has 0 bridgehead atoms. The SMILES string of the molecule is COc1ccc(CCNC(=O)Cn2cc(S(=O)(=O)Cc3ccccc3C)c3ccccc32)cc1OC. The number of benzene rings is 3. The second-order valence-corrected chi connectivity index (χ2v) is 10.6. The smallest absolute Gasteiger partial charge is 0.239 e. The van der Waals surface area contributed by atoms with Gasteiger partial charge in [-0.25, -0.2) is 8.42 Å². The van der Waals surface area contributed by atoms with Crippen LogP contribution in [0.1, 0.15) is 16.7 Å². The van der Waals surface area contributed by atoms with E-state index in [1.807, 2.05) is 67.6 Å². The highest BCUT2D eigenvalue weighted by Crippen LogP contribution is 2.29. The highest BCUT2D eigenvalue weighted by atomic mass is 32.2. The van der Waals surface area contributed by atoms with E-state index in [0.29, 0.717) is 35.4 Å². The molecule has 1 amide bonds. The fraction of sp³-hybridized carbons (Fsp3) is 0.250. The quantitative estimate of drug-likeness (QED) is 0.347. The first kappa shape index (κ1) is 25.3. The number of para-hydroxylation sites is 1. The molecule has 8 heteroatoms. The van der Waals surface area contributed by atoms with Crippen LogP contribution in [0.5, 0.6) is 11.5 Å². The van der Waals surface area contributed by atoms with Crippen LogP contribution in [-0.4, -0.2) is 39.7 Å². The first-order valence-electron chi connectivity index (χ1n) is 11.6. The molecule has 0 aliphatic heterocycles. The zero-order valence-electron chi connectivity index (χ0n) is 20.7. The zero-order valence-corrected chi connectivity index (χ0v) is 21.5. The minimum absolute atomic E-state index is 0.0202. The molecule has 1 aromatic heterocycles. The second kappa shape index (κ2) is 10.9. The van der Waals surface area contributed by atoms with Crippen LogP contribution in [0.25, 0.3) is 10.9 Å². The Hall–Kier alpha value is -3.78. The Bertz CT molecular complexity index is 1490. The molecule has 0 saturated heterocycles. The van der Waals surface area contributed by atoms with Gasteiger partial charge in [0.15, 0.2) is 21.3 Å². The van der Waals surface area contributed by atoms with Crippen LogP contribution >= 0.6 is 0 Å². The molecule has 36 heavy (non-hydrogen) atoms. The number of carbonyl (C=O) groups is 1. The molecular weight excluding hydrogens is 476 g/mol. The molecule has 3 aromatic carbocycles. The first-order valence-corrected chi connectivity index (χ1v) is 13.3. The molecule has 7 nitrogen and oxygen atoms in total. The number of sulfone groups is 1. The van der Waals surface area contributed by atoms with Gasteiger partial charge in [0, 0.05) is 23.6 Å². The van der Waals surface area contributed by atoms with E-state index in [1.165, 1.54) is 0 Å². The van der Waals surface area contributed by atoms with Gasteiger partial charge in [-0.2, -0.15) is 0 Å². The van der Waals surface area contributed by atoms with Crippen molar-refractivity contribution in [2.24, 2.45) is 0 Å². The summed E-state index contributed by atoms with van der Waals surface area (Å²) in [6.07, 6.45) is 2.20. The van der Waals surface area contributed by atoms with Crippen LogP contribution in [0.2, 0.25) is 0 Å². The summed E-state index contributed by atoms with van der Waals surface area (Å²) in [6.45, 7) is 2.36. The average molecular weight is 507 g/mol. The van der Waals surface area contributed by atoms with Crippen molar-refractivity contribution in [2.75, 3.05) is 20.8 Å². The minimum Gasteiger partial charge on any atom is -0.493 e. The number of carbonyl (C=O) groups excluding carboxylic acids is 1. The number of aryl methyl sites for hydroxylation is 1. The Morgan fingerprint density at radius 1 is 0.944 bits per heavy atom. The Labute approximate surface area is 211 Å². The number of hydrogen-bond acceptors (Lipinski definition) is 5. The van der Waals surface area contributed by atoms with Crippen LogP contribution in [0.4, 0.5) is 0 Å². The zero-order chi connectivity index (χ0) is 25.7. The lowest BCUT2D eigenvalue weighted by Crippen LogP contribution is -2.29. The fourth-order valence-corrected chi connectivity index (χ4v) is 5.92. The molecule has 0 unspecified atom stereocenters. The lowest BCUT2D eigenvalue weighted by atomic mass is 10.1. The largest absolute Gasteiger partial charge is 0.493 e. The van der Waals surface area contributed by atoms with Crippen molar-refractivity contribution in [3.63, 3.8) is 0 Å². The summed E-state index contributed by atoms with van der Waals surface area (Å²) < 4.78 is 39.0. The van der Waals surface area contributed by atoms with E-state index in [4.69, 9.17) is 9.47 Å². The van der Waals surface area contributed by atoms with E-state index in [2.05, 4.69) is 5.32 Å². The van der Waals surface area contributed by atoms with Gasteiger partial charge in [-0.3, -0.25) is 4.79 Å². The molecule has 188 valence electrons. The number of nitrogens with zero attached hydrogens (tertiary/aromatic N) is 1. The number of methoxy groups -OCH3 is 2. The fourth-order valence-electron chi connectivity index (χ4n) is 4.24. The molecule has 0 spiro atoms. The average Bonchev–Trinajstić information content (AvgIpc) is 3.24. The van der Waals surface area contributed by atoms with E-state index in [1.54, 1.807) is 31.0 Å². The van der Waals surface area contributed by atoms with Gasteiger partial charge in [0.25, 0.3) is 0 Å². The number of hydrogen-bond donors (Lipinski definition) is 1. The third kappa shape index (κ3) is 5.54. The normalized spacial score (nSPS) is 11.4. The monoisotopic (exact) mass is 506 g/mol. The van der Waals surface area contributed by atoms with Crippen molar-refractivity contribution in [3.05, 3.63) is 89.6 Å². The van der Waals surface area contributed by atoms with Crippen molar-refractivity contribution in [1.82, 2.24) is 9.88 Å². The van der Waals surface area contributed by atoms with Crippen LogP contribution in [0.15, 0.2) is 77.8 Å². The molecule has 0 atom stereocenters. The third-order valence-corrected chi connectivity index (χ3v) is 7.88. The maximum absolute atomic E-state index is 13.4. The highest BCUT2D eigenvalue weighted by molar-refractivity contribution is 7.90. The maximum atomic E-state index is 13.4. The molecule has 0 fully saturated rings. The third-order valence-electron chi connectivity index (χ3n) is 6.19. The lowest BCUT2D eigenvalue weighted by Gasteiger charge is -2.10. The first-order chi connectivity index (χ1) is 17.3. The summed E-state index contributed by atoms with van der Waals surface area (Å²) in [6, 6.07) is 20.4. The van der Waals surface area contributed by atoms with Crippen molar-refractivity contribution in [1.29, 1.82) is 0 Å². The highest BCUT2D eigenvalue weighted by Gasteiger charge is 2.23. The van der Waals surface area contributed by atoms with Crippen molar-refractivity contribution in [3.8, 4) is 11.5 Å². The number of rotatable bonds is 10. The van der Waals surface area contributed by atoms with Gasteiger partial charge >= 0.3 is 0 Å². The summed E-state index contributed by atoms with van der Waals surface area (Å²) >= 11 is 0. The molecule has 1 N–H and O–H groups in total. The molecule has 4 rings (SSSR count). The van der Waals surface area contributed by atoms with Gasteiger partial charge in [0.1, 0.15) is 6.54 Å². The number of nitrogens with one attached hydrogen (secondary N) is 1. The van der Waals surface area contributed by atoms with E-state index in [-0.39, 0.29) is 23.1 Å². The molecule has 4 aromatic rings. The van der Waals surface area contributed by atoms with Gasteiger partial charge in [-0.15, -0.1) is 0 Å². The van der Waals surface area contributed by atoms with Crippen molar-refractivity contribution < 1.29 is 22.7 Å². The summed E-state index contributed by atoms with van der Waals surface area (Å²) in [7, 11) is -0.448. The Balaban J connectivity index is 1.48. The maximum Gasteiger partial charge on any atom is 0.239 e. The standard InChI is InChI=1S/C28H30N2O5S/c1-20-8-4-5-9-22(20)19-36(32,33)27-17-30(24-11-7-6-10-23(24)27)18-28(31)29-15-14-21-12-13-25(34-2)26(16-21)35-3/h4-13,16-17H,14-15,18-19H2,1-3H3,(H,29,31). The van der Waals surface area contributed by atoms with E-state index in [0.717, 1.165) is 16.7 Å². The molecule has 0 radical (unpaired) electrons. The molecule has 0 saturated carbocycles. The molecule has 1 heterocycles. The second-order valence-electron chi connectivity index (χ2n) is 8.61. The van der Waals surface area contributed by atoms with Crippen LogP contribution in [-0.2, 0) is 33.4 Å². The van der Waals surface area contributed by atoms with Gasteiger partial charge in [-0.05, 0) is 48.2 Å². The van der Waals surface area contributed by atoms with E-state index >= 15 is 0 Å². The number of amides is 1. The summed E-state index contributed by atoms with van der Waals surface area (Å²) in [5.74, 6) is 1.00. The van der Waals surface area contributed by atoms with E-state index < -0.39 is 9.84 Å². The summed E-state index contributed by atoms with van der Waals surface area (Å²) in [5.41, 5.74) is 3.40. The lowest BCUT2D eigenvalue weighted by molar-refractivity contribution is -0.121. The van der Waals surface area contributed by atoms with Crippen LogP contribution in [0, 0.1) is 6.92 Å². The number of ether oxygens (including phenoxy) is 2.